The van der Waals surface area contributed by atoms with Gasteiger partial charge in [-0.05, 0) is 38.6 Å². The van der Waals surface area contributed by atoms with Crippen molar-refractivity contribution in [1.82, 2.24) is 14.7 Å². The number of nitrogens with zero attached hydrogens (tertiary/aromatic N) is 3. The van der Waals surface area contributed by atoms with Crippen LogP contribution in [0.2, 0.25) is 0 Å². The molecule has 2 aliphatic rings. The minimum atomic E-state index is -0.0918. The molecule has 1 atom stereocenters. The number of carbonyl (C=O) groups excluding carboxylic acids is 2. The molecule has 1 aromatic carbocycles. The zero-order chi connectivity index (χ0) is 18.7. The molecule has 2 heterocycles. The van der Waals surface area contributed by atoms with Crippen molar-refractivity contribution in [3.63, 3.8) is 0 Å². The van der Waals surface area contributed by atoms with Gasteiger partial charge in [-0.3, -0.25) is 14.5 Å². The van der Waals surface area contributed by atoms with Crippen LogP contribution in [0.4, 0.5) is 0 Å². The smallest absolute Gasteiger partial charge is 0.257 e. The van der Waals surface area contributed by atoms with Crippen molar-refractivity contribution in [2.75, 3.05) is 54.0 Å². The molecule has 7 heteroatoms. The number of methoxy groups -OCH3 is 2. The quantitative estimate of drug-likeness (QED) is 0.803. The molecule has 0 aromatic heterocycles. The Morgan fingerprint density at radius 2 is 1.69 bits per heavy atom. The summed E-state index contributed by atoms with van der Waals surface area (Å²) >= 11 is 0. The molecule has 0 N–H and O–H groups in total. The first-order valence-electron chi connectivity index (χ1n) is 9.06. The van der Waals surface area contributed by atoms with Crippen LogP contribution >= 0.6 is 0 Å². The van der Waals surface area contributed by atoms with E-state index in [0.29, 0.717) is 43.2 Å². The third-order valence-electron chi connectivity index (χ3n) is 5.32. The fraction of sp³-hybridized carbons (Fsp3) is 0.579. The Kier molecular flexibility index (Phi) is 5.66. The highest BCUT2D eigenvalue weighted by Gasteiger charge is 2.34. The average molecular weight is 361 g/mol. The van der Waals surface area contributed by atoms with Crippen LogP contribution in [-0.2, 0) is 4.79 Å². The Balaban J connectivity index is 1.65. The van der Waals surface area contributed by atoms with Crippen LogP contribution in [-0.4, -0.2) is 86.5 Å². The maximum absolute atomic E-state index is 12.9. The van der Waals surface area contributed by atoms with Crippen LogP contribution in [0.15, 0.2) is 18.2 Å². The van der Waals surface area contributed by atoms with Crippen molar-refractivity contribution < 1.29 is 19.1 Å². The molecule has 2 amide bonds. The number of hydrogen-bond acceptors (Lipinski definition) is 5. The molecule has 0 bridgehead atoms. The molecule has 142 valence electrons. The summed E-state index contributed by atoms with van der Waals surface area (Å²) in [5, 5.41) is 0. The molecular formula is C19H27N3O4. The van der Waals surface area contributed by atoms with Crippen molar-refractivity contribution in [3.8, 4) is 11.5 Å². The van der Waals surface area contributed by atoms with E-state index in [2.05, 4.69) is 4.90 Å². The first-order valence-corrected chi connectivity index (χ1v) is 9.06. The highest BCUT2D eigenvalue weighted by atomic mass is 16.5. The van der Waals surface area contributed by atoms with Crippen LogP contribution in [0.5, 0.6) is 11.5 Å². The summed E-state index contributed by atoms with van der Waals surface area (Å²) in [6.45, 7) is 3.18. The van der Waals surface area contributed by atoms with Crippen molar-refractivity contribution in [2.45, 2.75) is 18.9 Å². The van der Waals surface area contributed by atoms with Gasteiger partial charge in [0.1, 0.15) is 0 Å². The molecule has 2 saturated heterocycles. The van der Waals surface area contributed by atoms with E-state index < -0.39 is 0 Å². The van der Waals surface area contributed by atoms with E-state index in [1.165, 1.54) is 7.11 Å². The van der Waals surface area contributed by atoms with Gasteiger partial charge in [-0.25, -0.2) is 0 Å². The first-order chi connectivity index (χ1) is 12.6. The van der Waals surface area contributed by atoms with E-state index in [1.807, 2.05) is 11.9 Å². The zero-order valence-corrected chi connectivity index (χ0v) is 15.7. The number of piperazine rings is 1. The number of benzene rings is 1. The summed E-state index contributed by atoms with van der Waals surface area (Å²) in [7, 11) is 5.09. The molecule has 2 fully saturated rings. The van der Waals surface area contributed by atoms with E-state index in [1.54, 1.807) is 30.2 Å². The molecule has 0 spiro atoms. The lowest BCUT2D eigenvalue weighted by Gasteiger charge is -2.37. The monoisotopic (exact) mass is 361 g/mol. The second-order valence-electron chi connectivity index (χ2n) is 6.80. The van der Waals surface area contributed by atoms with Gasteiger partial charge >= 0.3 is 0 Å². The van der Waals surface area contributed by atoms with Gasteiger partial charge in [0.15, 0.2) is 11.5 Å². The lowest BCUT2D eigenvalue weighted by molar-refractivity contribution is -0.137. The van der Waals surface area contributed by atoms with Gasteiger partial charge in [-0.15, -0.1) is 0 Å². The molecule has 26 heavy (non-hydrogen) atoms. The van der Waals surface area contributed by atoms with Gasteiger partial charge in [0.05, 0.1) is 25.8 Å². The number of likely N-dealkylation sites (N-methyl/N-ethyl adjacent to an activating group) is 1. The number of hydrogen-bond donors (Lipinski definition) is 0. The number of ether oxygens (including phenoxy) is 2. The Hall–Kier alpha value is -2.28. The van der Waals surface area contributed by atoms with Gasteiger partial charge < -0.3 is 19.3 Å². The molecule has 1 unspecified atom stereocenters. The van der Waals surface area contributed by atoms with Gasteiger partial charge in [0, 0.05) is 26.2 Å². The number of rotatable bonds is 4. The number of likely N-dealkylation sites (tertiary alicyclic amines) is 1. The van der Waals surface area contributed by atoms with E-state index >= 15 is 0 Å². The Morgan fingerprint density at radius 3 is 2.27 bits per heavy atom. The summed E-state index contributed by atoms with van der Waals surface area (Å²) in [5.74, 6) is 1.09. The first kappa shape index (κ1) is 18.5. The highest BCUT2D eigenvalue weighted by Crippen LogP contribution is 2.31. The molecule has 0 saturated carbocycles. The van der Waals surface area contributed by atoms with Crippen LogP contribution in [0, 0.1) is 0 Å². The van der Waals surface area contributed by atoms with Crippen molar-refractivity contribution in [1.29, 1.82) is 0 Å². The lowest BCUT2D eigenvalue weighted by atomic mass is 10.1. The van der Waals surface area contributed by atoms with E-state index in [0.717, 1.165) is 19.4 Å². The van der Waals surface area contributed by atoms with Gasteiger partial charge in [-0.1, -0.05) is 6.07 Å². The summed E-state index contributed by atoms with van der Waals surface area (Å²) in [6, 6.07) is 5.29. The summed E-state index contributed by atoms with van der Waals surface area (Å²) in [4.78, 5) is 31.4. The van der Waals surface area contributed by atoms with Crippen LogP contribution < -0.4 is 9.47 Å². The second kappa shape index (κ2) is 7.95. The third-order valence-corrected chi connectivity index (χ3v) is 5.32. The SMILES string of the molecule is COc1cccc(C(=O)N2CCN(C(=O)C3CCCN3C)CC2)c1OC. The van der Waals surface area contributed by atoms with E-state index in [4.69, 9.17) is 9.47 Å². The van der Waals surface area contributed by atoms with Gasteiger partial charge in [0.2, 0.25) is 5.91 Å². The molecule has 2 aliphatic heterocycles. The van der Waals surface area contributed by atoms with E-state index in [9.17, 15) is 9.59 Å². The van der Waals surface area contributed by atoms with Crippen molar-refractivity contribution >= 4 is 11.8 Å². The zero-order valence-electron chi connectivity index (χ0n) is 15.7. The fourth-order valence-electron chi connectivity index (χ4n) is 3.79. The van der Waals surface area contributed by atoms with Gasteiger partial charge in [0.25, 0.3) is 5.91 Å². The average Bonchev–Trinajstić information content (AvgIpc) is 3.12. The predicted octanol–water partition coefficient (Wildman–Crippen LogP) is 1.08. The van der Waals surface area contributed by atoms with E-state index in [-0.39, 0.29) is 17.9 Å². The second-order valence-corrected chi connectivity index (χ2v) is 6.80. The van der Waals surface area contributed by atoms with Crippen molar-refractivity contribution in [3.05, 3.63) is 23.8 Å². The normalized spacial score (nSPS) is 21.0. The fourth-order valence-corrected chi connectivity index (χ4v) is 3.79. The van der Waals surface area contributed by atoms with Gasteiger partial charge in [-0.2, -0.15) is 0 Å². The van der Waals surface area contributed by atoms with Crippen molar-refractivity contribution in [2.24, 2.45) is 0 Å². The molecule has 3 rings (SSSR count). The number of carbonyl (C=O) groups is 2. The molecule has 7 nitrogen and oxygen atoms in total. The standard InChI is InChI=1S/C19H27N3O4/c1-20-9-5-7-15(20)19(24)22-12-10-21(11-13-22)18(23)14-6-4-8-16(25-2)17(14)26-3/h4,6,8,15H,5,7,9-13H2,1-3H3. The lowest BCUT2D eigenvalue weighted by Crippen LogP contribution is -2.54. The summed E-state index contributed by atoms with van der Waals surface area (Å²) < 4.78 is 10.7. The number of amides is 2. The minimum Gasteiger partial charge on any atom is -0.493 e. The minimum absolute atomic E-state index is 0.00395. The Labute approximate surface area is 154 Å². The third kappa shape index (κ3) is 3.49. The summed E-state index contributed by atoms with van der Waals surface area (Å²) in [6.07, 6.45) is 2.00. The van der Waals surface area contributed by atoms with Crippen LogP contribution in [0.1, 0.15) is 23.2 Å². The maximum atomic E-state index is 12.9. The largest absolute Gasteiger partial charge is 0.493 e. The highest BCUT2D eigenvalue weighted by molar-refractivity contribution is 5.98. The molecule has 1 aromatic rings. The molecule has 0 aliphatic carbocycles. The molecule has 0 radical (unpaired) electrons. The Morgan fingerprint density at radius 1 is 1.00 bits per heavy atom. The van der Waals surface area contributed by atoms with Crippen LogP contribution in [0.3, 0.4) is 0 Å². The predicted molar refractivity (Wildman–Crippen MR) is 97.7 cm³/mol. The summed E-state index contributed by atoms with van der Waals surface area (Å²) in [5.41, 5.74) is 0.488. The Bertz CT molecular complexity index is 671. The van der Waals surface area contributed by atoms with Crippen LogP contribution in [0.25, 0.3) is 0 Å². The number of para-hydroxylation sites is 1. The molecular weight excluding hydrogens is 334 g/mol. The maximum Gasteiger partial charge on any atom is 0.257 e. The topological polar surface area (TPSA) is 62.3 Å².